The molecule has 0 saturated heterocycles. The predicted molar refractivity (Wildman–Crippen MR) is 86.8 cm³/mol. The third kappa shape index (κ3) is 1.64. The van der Waals surface area contributed by atoms with Crippen molar-refractivity contribution in [2.24, 2.45) is 0 Å². The van der Waals surface area contributed by atoms with Crippen molar-refractivity contribution in [1.82, 2.24) is 9.97 Å². The summed E-state index contributed by atoms with van der Waals surface area (Å²) in [4.78, 5) is 32.6. The van der Waals surface area contributed by atoms with Crippen molar-refractivity contribution < 1.29 is 14.3 Å². The van der Waals surface area contributed by atoms with Crippen molar-refractivity contribution >= 4 is 33.4 Å². The van der Waals surface area contributed by atoms with Crippen molar-refractivity contribution in [3.05, 3.63) is 52.5 Å². The maximum atomic E-state index is 12.7. The smallest absolute Gasteiger partial charge is 0.230 e. The largest absolute Gasteiger partial charge is 0.492 e. The number of hydrogen-bond acceptors (Lipinski definition) is 4. The molecule has 4 rings (SSSR count). The zero-order valence-corrected chi connectivity index (χ0v) is 13.0. The number of nitrogens with zero attached hydrogens (tertiary/aromatic N) is 1. The molecule has 23 heavy (non-hydrogen) atoms. The number of ketones is 2. The number of nitrogens with one attached hydrogen (secondary N) is 1. The lowest BCUT2D eigenvalue weighted by Gasteiger charge is -2.12. The van der Waals surface area contributed by atoms with Crippen LogP contribution in [0.3, 0.4) is 0 Å². The van der Waals surface area contributed by atoms with E-state index in [1.807, 2.05) is 26.0 Å². The van der Waals surface area contributed by atoms with Gasteiger partial charge in [-0.3, -0.25) is 14.6 Å². The number of aromatic nitrogens is 2. The highest BCUT2D eigenvalue weighted by Crippen LogP contribution is 2.37. The molecule has 0 atom stereocenters. The molecule has 3 aromatic rings. The molecule has 0 fully saturated rings. The molecule has 0 spiro atoms. The Morgan fingerprint density at radius 2 is 1.96 bits per heavy atom. The normalized spacial score (nSPS) is 14.3. The second-order valence-corrected chi connectivity index (χ2v) is 5.68. The van der Waals surface area contributed by atoms with Crippen molar-refractivity contribution in [2.45, 2.75) is 13.8 Å². The number of benzene rings is 1. The van der Waals surface area contributed by atoms with Gasteiger partial charge in [0.15, 0.2) is 5.76 Å². The summed E-state index contributed by atoms with van der Waals surface area (Å²) in [6.07, 6.45) is 2.98. The number of allylic oxidation sites excluding steroid dienone is 2. The lowest BCUT2D eigenvalue weighted by Crippen LogP contribution is -2.17. The van der Waals surface area contributed by atoms with Crippen LogP contribution in [0.4, 0.5) is 0 Å². The van der Waals surface area contributed by atoms with Crippen LogP contribution in [0.1, 0.15) is 32.0 Å². The van der Waals surface area contributed by atoms with Crippen molar-refractivity contribution in [1.29, 1.82) is 0 Å². The van der Waals surface area contributed by atoms with E-state index >= 15 is 0 Å². The zero-order valence-electron chi connectivity index (χ0n) is 13.0. The first kappa shape index (κ1) is 13.7. The number of Topliss-reactive ketones (excluding diaryl/α,β-unsaturated/α-hetero) is 1. The lowest BCUT2D eigenvalue weighted by atomic mass is 9.92. The number of ether oxygens (including phenoxy) is 1. The number of pyridine rings is 1. The van der Waals surface area contributed by atoms with Gasteiger partial charge in [-0.15, -0.1) is 0 Å². The molecule has 0 aliphatic heterocycles. The molecule has 1 aromatic carbocycles. The van der Waals surface area contributed by atoms with Gasteiger partial charge in [0.25, 0.3) is 0 Å². The summed E-state index contributed by atoms with van der Waals surface area (Å²) >= 11 is 0. The second-order valence-electron chi connectivity index (χ2n) is 5.68. The Bertz CT molecular complexity index is 1060. The van der Waals surface area contributed by atoms with Crippen LogP contribution in [-0.2, 0) is 4.74 Å². The number of carbonyl (C=O) groups is 2. The van der Waals surface area contributed by atoms with Gasteiger partial charge in [0.05, 0.1) is 29.4 Å². The zero-order chi connectivity index (χ0) is 16.3. The molecule has 0 amide bonds. The van der Waals surface area contributed by atoms with Crippen LogP contribution in [0.5, 0.6) is 0 Å². The van der Waals surface area contributed by atoms with Crippen molar-refractivity contribution in [2.75, 3.05) is 7.11 Å². The first-order valence-electron chi connectivity index (χ1n) is 7.29. The lowest BCUT2D eigenvalue weighted by molar-refractivity contribution is 0.0917. The number of H-pyrrole nitrogens is 1. The van der Waals surface area contributed by atoms with E-state index in [-0.39, 0.29) is 17.3 Å². The van der Waals surface area contributed by atoms with Crippen LogP contribution in [0.25, 0.3) is 21.8 Å². The Labute approximate surface area is 132 Å². The highest BCUT2D eigenvalue weighted by atomic mass is 16.5. The highest BCUT2D eigenvalue weighted by molar-refractivity contribution is 6.29. The van der Waals surface area contributed by atoms with Crippen LogP contribution in [0.15, 0.2) is 30.2 Å². The molecule has 0 bridgehead atoms. The van der Waals surface area contributed by atoms with E-state index in [9.17, 15) is 9.59 Å². The average molecular weight is 306 g/mol. The van der Waals surface area contributed by atoms with Gasteiger partial charge in [0, 0.05) is 23.0 Å². The summed E-state index contributed by atoms with van der Waals surface area (Å²) in [5, 5.41) is 1.76. The molecular formula is C18H14N2O3. The van der Waals surface area contributed by atoms with Gasteiger partial charge in [-0.1, -0.05) is 6.07 Å². The van der Waals surface area contributed by atoms with Crippen LogP contribution in [0.2, 0.25) is 0 Å². The maximum absolute atomic E-state index is 12.7. The van der Waals surface area contributed by atoms with E-state index in [0.717, 1.165) is 32.9 Å². The standard InChI is InChI=1S/C18H14N2O3/c1-8-10-5-4-6-19-15(10)9(2)16-13(8)14-17(20-16)11(21)7-12(23-3)18(14)22/h4-7,20H,1-3H3. The quantitative estimate of drug-likeness (QED) is 0.749. The molecule has 114 valence electrons. The molecule has 1 N–H and O–H groups in total. The van der Waals surface area contributed by atoms with E-state index in [1.165, 1.54) is 13.2 Å². The molecule has 1 aliphatic rings. The molecular weight excluding hydrogens is 292 g/mol. The van der Waals surface area contributed by atoms with E-state index < -0.39 is 0 Å². The summed E-state index contributed by atoms with van der Waals surface area (Å²) in [5.74, 6) is -0.436. The number of rotatable bonds is 1. The average Bonchev–Trinajstić information content (AvgIpc) is 2.97. The summed E-state index contributed by atoms with van der Waals surface area (Å²) in [6.45, 7) is 3.89. The number of methoxy groups -OCH3 is 1. The number of hydrogen-bond donors (Lipinski definition) is 1. The third-order valence-corrected chi connectivity index (χ3v) is 4.50. The number of aromatic amines is 1. The van der Waals surface area contributed by atoms with Gasteiger partial charge in [0.2, 0.25) is 11.6 Å². The molecule has 2 heterocycles. The minimum atomic E-state index is -0.265. The molecule has 5 heteroatoms. The molecule has 0 radical (unpaired) electrons. The summed E-state index contributed by atoms with van der Waals surface area (Å²) in [5.41, 5.74) is 4.24. The number of carbonyl (C=O) groups excluding carboxylic acids is 2. The van der Waals surface area contributed by atoms with E-state index in [0.29, 0.717) is 11.3 Å². The van der Waals surface area contributed by atoms with Crippen LogP contribution in [0, 0.1) is 13.8 Å². The maximum Gasteiger partial charge on any atom is 0.230 e. The van der Waals surface area contributed by atoms with Gasteiger partial charge < -0.3 is 9.72 Å². The molecule has 2 aromatic heterocycles. The fraction of sp³-hybridized carbons (Fsp3) is 0.167. The molecule has 1 aliphatic carbocycles. The Hall–Kier alpha value is -2.95. The van der Waals surface area contributed by atoms with Crippen LogP contribution < -0.4 is 0 Å². The minimum absolute atomic E-state index is 0.0757. The Morgan fingerprint density at radius 3 is 2.70 bits per heavy atom. The fourth-order valence-electron chi connectivity index (χ4n) is 3.36. The summed E-state index contributed by atoms with van der Waals surface area (Å²) in [6, 6.07) is 3.85. The van der Waals surface area contributed by atoms with E-state index in [1.54, 1.807) is 6.20 Å². The predicted octanol–water partition coefficient (Wildman–Crippen LogP) is 3.24. The van der Waals surface area contributed by atoms with Crippen molar-refractivity contribution in [3.8, 4) is 0 Å². The second kappa shape index (κ2) is 4.52. The number of fused-ring (bicyclic) bond motifs is 4. The van der Waals surface area contributed by atoms with E-state index in [2.05, 4.69) is 9.97 Å². The Kier molecular flexibility index (Phi) is 2.69. The Balaban J connectivity index is 2.22. The van der Waals surface area contributed by atoms with Crippen molar-refractivity contribution in [3.63, 3.8) is 0 Å². The highest BCUT2D eigenvalue weighted by Gasteiger charge is 2.32. The van der Waals surface area contributed by atoms with Gasteiger partial charge in [0.1, 0.15) is 0 Å². The topological polar surface area (TPSA) is 72.1 Å². The molecule has 0 saturated carbocycles. The Morgan fingerprint density at radius 1 is 1.17 bits per heavy atom. The summed E-state index contributed by atoms with van der Waals surface area (Å²) in [7, 11) is 1.40. The number of aryl methyl sites for hydroxylation is 2. The van der Waals surface area contributed by atoms with Gasteiger partial charge in [-0.05, 0) is 31.0 Å². The van der Waals surface area contributed by atoms with E-state index in [4.69, 9.17) is 4.74 Å². The van der Waals surface area contributed by atoms with Gasteiger partial charge in [-0.25, -0.2) is 0 Å². The first-order chi connectivity index (χ1) is 11.0. The van der Waals surface area contributed by atoms with Crippen LogP contribution in [-0.4, -0.2) is 28.6 Å². The monoisotopic (exact) mass is 306 g/mol. The summed E-state index contributed by atoms with van der Waals surface area (Å²) < 4.78 is 5.07. The molecule has 0 unspecified atom stereocenters. The van der Waals surface area contributed by atoms with Crippen LogP contribution >= 0.6 is 0 Å². The van der Waals surface area contributed by atoms with Gasteiger partial charge >= 0.3 is 0 Å². The SMILES string of the molecule is COC1=CC(=O)c2[nH]c3c(C)c4ncccc4c(C)c3c2C1=O. The fourth-order valence-corrected chi connectivity index (χ4v) is 3.36. The first-order valence-corrected chi connectivity index (χ1v) is 7.29. The van der Waals surface area contributed by atoms with Gasteiger partial charge in [-0.2, -0.15) is 0 Å². The third-order valence-electron chi connectivity index (χ3n) is 4.50. The molecule has 5 nitrogen and oxygen atoms in total. The minimum Gasteiger partial charge on any atom is -0.492 e.